The highest BCUT2D eigenvalue weighted by Gasteiger charge is 2.12. The van der Waals surface area contributed by atoms with E-state index in [-0.39, 0.29) is 0 Å². The molecule has 0 heterocycles. The van der Waals surface area contributed by atoms with Gasteiger partial charge in [0.05, 0.1) is 12.2 Å². The first-order valence-corrected chi connectivity index (χ1v) is 5.78. The van der Waals surface area contributed by atoms with Gasteiger partial charge in [-0.3, -0.25) is 4.79 Å². The van der Waals surface area contributed by atoms with Crippen LogP contribution in [-0.4, -0.2) is 23.3 Å². The van der Waals surface area contributed by atoms with E-state index in [0.717, 1.165) is 0 Å². The molecule has 1 aromatic carbocycles. The third-order valence-electron chi connectivity index (χ3n) is 1.86. The van der Waals surface area contributed by atoms with Gasteiger partial charge in [0.1, 0.15) is 0 Å². The summed E-state index contributed by atoms with van der Waals surface area (Å²) >= 11 is 10.8. The Kier molecular flexibility index (Phi) is 5.25. The third-order valence-corrected chi connectivity index (χ3v) is 2.26. The number of ether oxygens (including phenoxy) is 1. The number of rotatable bonds is 4. The van der Waals surface area contributed by atoms with Crippen LogP contribution >= 0.6 is 23.2 Å². The summed E-state index contributed by atoms with van der Waals surface area (Å²) in [6.45, 7) is 2.05. The number of halogens is 2. The zero-order valence-electron chi connectivity index (χ0n) is 9.07. The largest absolute Gasteiger partial charge is 0.462 e. The predicted octanol–water partition coefficient (Wildman–Crippen LogP) is 2.61. The lowest BCUT2D eigenvalue weighted by Crippen LogP contribution is -2.18. The number of amides is 1. The lowest BCUT2D eigenvalue weighted by atomic mass is 10.2. The summed E-state index contributed by atoms with van der Waals surface area (Å²) in [7, 11) is 0. The number of hydrogen-bond donors (Lipinski definition) is 1. The Morgan fingerprint density at radius 2 is 1.88 bits per heavy atom. The molecule has 6 heteroatoms. The third kappa shape index (κ3) is 4.24. The zero-order chi connectivity index (χ0) is 12.8. The summed E-state index contributed by atoms with van der Waals surface area (Å²) in [6.07, 6.45) is 0. The molecule has 1 N–H and O–H groups in total. The molecule has 0 spiro atoms. The average molecular weight is 276 g/mol. The van der Waals surface area contributed by atoms with Crippen molar-refractivity contribution in [2.45, 2.75) is 11.8 Å². The van der Waals surface area contributed by atoms with Gasteiger partial charge in [-0.1, -0.05) is 23.2 Å². The van der Waals surface area contributed by atoms with Crippen molar-refractivity contribution in [1.29, 1.82) is 0 Å². The maximum absolute atomic E-state index is 11.3. The van der Waals surface area contributed by atoms with E-state index in [1.165, 1.54) is 0 Å². The molecule has 17 heavy (non-hydrogen) atoms. The van der Waals surface area contributed by atoms with Crippen LogP contribution in [0.1, 0.15) is 17.3 Å². The highest BCUT2D eigenvalue weighted by molar-refractivity contribution is 6.54. The van der Waals surface area contributed by atoms with E-state index in [9.17, 15) is 9.59 Å². The lowest BCUT2D eigenvalue weighted by molar-refractivity contribution is -0.114. The number of carbonyl (C=O) groups excluding carboxylic acids is 2. The molecular weight excluding hydrogens is 265 g/mol. The number of hydrogen-bond acceptors (Lipinski definition) is 3. The van der Waals surface area contributed by atoms with Gasteiger partial charge in [-0.05, 0) is 31.2 Å². The van der Waals surface area contributed by atoms with Gasteiger partial charge < -0.3 is 10.1 Å². The number of benzene rings is 1. The number of nitrogens with one attached hydrogen (secondary N) is 1. The number of esters is 1. The molecule has 0 aliphatic rings. The topological polar surface area (TPSA) is 55.4 Å². The van der Waals surface area contributed by atoms with Gasteiger partial charge in [-0.25, -0.2) is 4.79 Å². The van der Waals surface area contributed by atoms with Crippen LogP contribution in [0.3, 0.4) is 0 Å². The van der Waals surface area contributed by atoms with Crippen LogP contribution in [0.5, 0.6) is 0 Å². The van der Waals surface area contributed by atoms with E-state index in [4.69, 9.17) is 27.9 Å². The van der Waals surface area contributed by atoms with Crippen molar-refractivity contribution < 1.29 is 14.3 Å². The highest BCUT2D eigenvalue weighted by atomic mass is 35.5. The fraction of sp³-hybridized carbons (Fsp3) is 0.273. The molecule has 4 nitrogen and oxygen atoms in total. The Morgan fingerprint density at radius 1 is 1.29 bits per heavy atom. The second kappa shape index (κ2) is 6.47. The van der Waals surface area contributed by atoms with Gasteiger partial charge in [0.2, 0.25) is 0 Å². The Labute approximate surface area is 109 Å². The second-order valence-corrected chi connectivity index (χ2v) is 4.18. The molecule has 0 bridgehead atoms. The fourth-order valence-electron chi connectivity index (χ4n) is 1.10. The Morgan fingerprint density at radius 3 is 2.35 bits per heavy atom. The fourth-order valence-corrected chi connectivity index (χ4v) is 1.21. The Bertz CT molecular complexity index is 404. The first-order valence-electron chi connectivity index (χ1n) is 4.90. The maximum Gasteiger partial charge on any atom is 0.338 e. The van der Waals surface area contributed by atoms with Crippen LogP contribution in [0.4, 0.5) is 5.69 Å². The summed E-state index contributed by atoms with van der Waals surface area (Å²) in [5.41, 5.74) is 0.924. The predicted molar refractivity (Wildman–Crippen MR) is 66.5 cm³/mol. The molecule has 1 rings (SSSR count). The average Bonchev–Trinajstić information content (AvgIpc) is 2.30. The van der Waals surface area contributed by atoms with Crippen molar-refractivity contribution in [2.75, 3.05) is 11.9 Å². The molecule has 0 fully saturated rings. The number of carbonyl (C=O) groups is 2. The molecule has 0 saturated heterocycles. The van der Waals surface area contributed by atoms with Gasteiger partial charge >= 0.3 is 5.97 Å². The quantitative estimate of drug-likeness (QED) is 0.679. The van der Waals surface area contributed by atoms with Crippen molar-refractivity contribution in [3.05, 3.63) is 29.8 Å². The molecule has 92 valence electrons. The normalized spacial score (nSPS) is 10.1. The summed E-state index contributed by atoms with van der Waals surface area (Å²) in [5.74, 6) is -0.921. The molecule has 1 amide bonds. The summed E-state index contributed by atoms with van der Waals surface area (Å²) < 4.78 is 4.82. The zero-order valence-corrected chi connectivity index (χ0v) is 10.6. The van der Waals surface area contributed by atoms with E-state index < -0.39 is 16.7 Å². The molecule has 0 aliphatic heterocycles. The van der Waals surface area contributed by atoms with Crippen LogP contribution in [0.25, 0.3) is 0 Å². The van der Waals surface area contributed by atoms with Crippen LogP contribution in [0.2, 0.25) is 0 Å². The van der Waals surface area contributed by atoms with Crippen molar-refractivity contribution >= 4 is 40.8 Å². The monoisotopic (exact) mass is 275 g/mol. The van der Waals surface area contributed by atoms with Crippen molar-refractivity contribution in [1.82, 2.24) is 0 Å². The van der Waals surface area contributed by atoms with E-state index in [0.29, 0.717) is 17.9 Å². The second-order valence-electron chi connectivity index (χ2n) is 3.09. The molecular formula is C11H11Cl2NO3. The molecule has 0 radical (unpaired) electrons. The summed E-state index contributed by atoms with van der Waals surface area (Å²) in [5, 5.41) is 2.48. The standard InChI is InChI=1S/C11H11Cl2NO3/c1-2-17-11(16)7-3-5-8(6-4-7)14-10(15)9(12)13/h3-6,9H,2H2,1H3,(H,14,15). The van der Waals surface area contributed by atoms with Crippen molar-refractivity contribution in [3.63, 3.8) is 0 Å². The van der Waals surface area contributed by atoms with Gasteiger partial charge in [0.15, 0.2) is 4.84 Å². The van der Waals surface area contributed by atoms with Crippen molar-refractivity contribution in [2.24, 2.45) is 0 Å². The molecule has 1 aromatic rings. The van der Waals surface area contributed by atoms with Crippen LogP contribution in [0, 0.1) is 0 Å². The molecule has 0 aliphatic carbocycles. The minimum atomic E-state index is -1.13. The van der Waals surface area contributed by atoms with Crippen LogP contribution in [0.15, 0.2) is 24.3 Å². The van der Waals surface area contributed by atoms with Crippen LogP contribution in [-0.2, 0) is 9.53 Å². The maximum atomic E-state index is 11.3. The molecule has 0 unspecified atom stereocenters. The van der Waals surface area contributed by atoms with Crippen LogP contribution < -0.4 is 5.32 Å². The molecule has 0 aromatic heterocycles. The highest BCUT2D eigenvalue weighted by Crippen LogP contribution is 2.12. The van der Waals surface area contributed by atoms with E-state index in [2.05, 4.69) is 5.32 Å². The molecule has 0 saturated carbocycles. The smallest absolute Gasteiger partial charge is 0.338 e. The number of alkyl halides is 2. The van der Waals surface area contributed by atoms with Gasteiger partial charge in [-0.2, -0.15) is 0 Å². The van der Waals surface area contributed by atoms with E-state index in [1.807, 2.05) is 0 Å². The first-order chi connectivity index (χ1) is 8.04. The number of anilines is 1. The van der Waals surface area contributed by atoms with E-state index in [1.54, 1.807) is 31.2 Å². The first kappa shape index (κ1) is 13.8. The molecule has 0 atom stereocenters. The minimum Gasteiger partial charge on any atom is -0.462 e. The van der Waals surface area contributed by atoms with E-state index >= 15 is 0 Å². The SMILES string of the molecule is CCOC(=O)c1ccc(NC(=O)C(Cl)Cl)cc1. The summed E-state index contributed by atoms with van der Waals surface area (Å²) in [4.78, 5) is 21.4. The summed E-state index contributed by atoms with van der Waals surface area (Å²) in [6, 6.07) is 6.23. The van der Waals surface area contributed by atoms with Gasteiger partial charge in [0, 0.05) is 5.69 Å². The van der Waals surface area contributed by atoms with Gasteiger partial charge in [-0.15, -0.1) is 0 Å². The van der Waals surface area contributed by atoms with Crippen molar-refractivity contribution in [3.8, 4) is 0 Å². The Balaban J connectivity index is 2.68. The Hall–Kier alpha value is -1.26. The minimum absolute atomic E-state index is 0.317. The lowest BCUT2D eigenvalue weighted by Gasteiger charge is -2.06. The van der Waals surface area contributed by atoms with Gasteiger partial charge in [0.25, 0.3) is 5.91 Å².